The summed E-state index contributed by atoms with van der Waals surface area (Å²) in [5, 5.41) is 3.32. The fourth-order valence-corrected chi connectivity index (χ4v) is 1.80. The second-order valence-corrected chi connectivity index (χ2v) is 4.67. The molecule has 0 aliphatic rings. The summed E-state index contributed by atoms with van der Waals surface area (Å²) in [4.78, 5) is 0. The Kier molecular flexibility index (Phi) is 4.11. The standard InChI is InChI=1S/C16H18FN/c1-12-3-6-14(7-4-12)10-18-11-15-8-5-13(2)16(17)9-15/h3-9,18H,10-11H2,1-2H3. The van der Waals surface area contributed by atoms with Crippen LogP contribution in [0.2, 0.25) is 0 Å². The minimum atomic E-state index is -0.135. The van der Waals surface area contributed by atoms with E-state index in [0.29, 0.717) is 12.1 Å². The molecule has 0 saturated heterocycles. The lowest BCUT2D eigenvalue weighted by atomic mass is 10.1. The lowest BCUT2D eigenvalue weighted by molar-refractivity contribution is 0.611. The average Bonchev–Trinajstić information content (AvgIpc) is 2.36. The van der Waals surface area contributed by atoms with Crippen LogP contribution in [0.5, 0.6) is 0 Å². The number of rotatable bonds is 4. The Hall–Kier alpha value is -1.67. The molecule has 2 rings (SSSR count). The van der Waals surface area contributed by atoms with E-state index in [1.807, 2.05) is 12.1 Å². The van der Waals surface area contributed by atoms with Crippen molar-refractivity contribution in [3.8, 4) is 0 Å². The lowest BCUT2D eigenvalue weighted by Crippen LogP contribution is -2.12. The molecule has 2 aromatic rings. The third kappa shape index (κ3) is 3.41. The highest BCUT2D eigenvalue weighted by atomic mass is 19.1. The van der Waals surface area contributed by atoms with Gasteiger partial charge in [0, 0.05) is 13.1 Å². The van der Waals surface area contributed by atoms with Crippen LogP contribution in [0.4, 0.5) is 4.39 Å². The van der Waals surface area contributed by atoms with Crippen LogP contribution in [0.25, 0.3) is 0 Å². The molecule has 0 aliphatic heterocycles. The highest BCUT2D eigenvalue weighted by Crippen LogP contribution is 2.09. The first-order valence-electron chi connectivity index (χ1n) is 6.16. The highest BCUT2D eigenvalue weighted by molar-refractivity contribution is 5.24. The summed E-state index contributed by atoms with van der Waals surface area (Å²) in [6.07, 6.45) is 0. The molecule has 0 saturated carbocycles. The predicted molar refractivity (Wildman–Crippen MR) is 72.9 cm³/mol. The van der Waals surface area contributed by atoms with Gasteiger partial charge in [0.1, 0.15) is 5.82 Å². The second-order valence-electron chi connectivity index (χ2n) is 4.67. The molecule has 0 spiro atoms. The van der Waals surface area contributed by atoms with Crippen molar-refractivity contribution in [1.29, 1.82) is 0 Å². The van der Waals surface area contributed by atoms with E-state index in [-0.39, 0.29) is 5.82 Å². The van der Waals surface area contributed by atoms with Gasteiger partial charge in [-0.05, 0) is 36.6 Å². The van der Waals surface area contributed by atoms with Crippen LogP contribution in [0.15, 0.2) is 42.5 Å². The molecule has 0 radical (unpaired) electrons. The van der Waals surface area contributed by atoms with Gasteiger partial charge in [-0.1, -0.05) is 42.0 Å². The highest BCUT2D eigenvalue weighted by Gasteiger charge is 1.99. The van der Waals surface area contributed by atoms with Gasteiger partial charge >= 0.3 is 0 Å². The molecule has 0 bridgehead atoms. The van der Waals surface area contributed by atoms with Crippen LogP contribution in [0.3, 0.4) is 0 Å². The number of hydrogen-bond donors (Lipinski definition) is 1. The Balaban J connectivity index is 1.88. The monoisotopic (exact) mass is 243 g/mol. The van der Waals surface area contributed by atoms with Gasteiger partial charge in [0.15, 0.2) is 0 Å². The summed E-state index contributed by atoms with van der Waals surface area (Å²) in [5.74, 6) is -0.135. The van der Waals surface area contributed by atoms with Crippen molar-refractivity contribution in [2.75, 3.05) is 0 Å². The summed E-state index contributed by atoms with van der Waals surface area (Å²) in [7, 11) is 0. The first kappa shape index (κ1) is 12.8. The molecule has 1 nitrogen and oxygen atoms in total. The summed E-state index contributed by atoms with van der Waals surface area (Å²) < 4.78 is 13.3. The van der Waals surface area contributed by atoms with Gasteiger partial charge in [0.25, 0.3) is 0 Å². The number of aryl methyl sites for hydroxylation is 2. The van der Waals surface area contributed by atoms with Crippen molar-refractivity contribution in [3.05, 3.63) is 70.5 Å². The van der Waals surface area contributed by atoms with Gasteiger partial charge in [0.2, 0.25) is 0 Å². The third-order valence-corrected chi connectivity index (χ3v) is 3.02. The Morgan fingerprint density at radius 2 is 1.50 bits per heavy atom. The van der Waals surface area contributed by atoms with E-state index in [1.165, 1.54) is 11.1 Å². The fraction of sp³-hybridized carbons (Fsp3) is 0.250. The maximum atomic E-state index is 13.3. The molecule has 2 aromatic carbocycles. The van der Waals surface area contributed by atoms with Crippen molar-refractivity contribution >= 4 is 0 Å². The van der Waals surface area contributed by atoms with E-state index in [0.717, 1.165) is 12.1 Å². The maximum Gasteiger partial charge on any atom is 0.126 e. The van der Waals surface area contributed by atoms with Gasteiger partial charge in [-0.15, -0.1) is 0 Å². The van der Waals surface area contributed by atoms with E-state index >= 15 is 0 Å². The lowest BCUT2D eigenvalue weighted by Gasteiger charge is -2.06. The van der Waals surface area contributed by atoms with Crippen LogP contribution in [0, 0.1) is 19.7 Å². The molecular formula is C16H18FN. The largest absolute Gasteiger partial charge is 0.309 e. The van der Waals surface area contributed by atoms with Crippen LogP contribution in [-0.2, 0) is 13.1 Å². The minimum Gasteiger partial charge on any atom is -0.309 e. The molecule has 0 unspecified atom stereocenters. The molecule has 0 aromatic heterocycles. The summed E-state index contributed by atoms with van der Waals surface area (Å²) in [6.45, 7) is 5.34. The van der Waals surface area contributed by atoms with Crippen LogP contribution in [-0.4, -0.2) is 0 Å². The van der Waals surface area contributed by atoms with Gasteiger partial charge in [-0.25, -0.2) is 4.39 Å². The van der Waals surface area contributed by atoms with E-state index in [2.05, 4.69) is 36.5 Å². The van der Waals surface area contributed by atoms with Crippen molar-refractivity contribution < 1.29 is 4.39 Å². The normalized spacial score (nSPS) is 10.6. The minimum absolute atomic E-state index is 0.135. The van der Waals surface area contributed by atoms with E-state index in [4.69, 9.17) is 0 Å². The summed E-state index contributed by atoms with van der Waals surface area (Å²) in [5.41, 5.74) is 4.18. The average molecular weight is 243 g/mol. The molecule has 0 heterocycles. The number of benzene rings is 2. The SMILES string of the molecule is Cc1ccc(CNCc2ccc(C)c(F)c2)cc1. The molecule has 0 amide bonds. The molecule has 0 aliphatic carbocycles. The van der Waals surface area contributed by atoms with E-state index < -0.39 is 0 Å². The van der Waals surface area contributed by atoms with Crippen molar-refractivity contribution in [2.45, 2.75) is 26.9 Å². The maximum absolute atomic E-state index is 13.3. The third-order valence-electron chi connectivity index (χ3n) is 3.02. The first-order chi connectivity index (χ1) is 8.65. The molecule has 1 N–H and O–H groups in total. The quantitative estimate of drug-likeness (QED) is 0.862. The smallest absolute Gasteiger partial charge is 0.126 e. The Morgan fingerprint density at radius 1 is 0.889 bits per heavy atom. The Bertz CT molecular complexity index is 517. The number of hydrogen-bond acceptors (Lipinski definition) is 1. The van der Waals surface area contributed by atoms with E-state index in [9.17, 15) is 4.39 Å². The Labute approximate surface area is 108 Å². The van der Waals surface area contributed by atoms with E-state index in [1.54, 1.807) is 13.0 Å². The zero-order chi connectivity index (χ0) is 13.0. The molecule has 0 atom stereocenters. The van der Waals surface area contributed by atoms with Crippen LogP contribution >= 0.6 is 0 Å². The Morgan fingerprint density at radius 3 is 2.17 bits per heavy atom. The molecule has 94 valence electrons. The van der Waals surface area contributed by atoms with Gasteiger partial charge in [0.05, 0.1) is 0 Å². The molecular weight excluding hydrogens is 225 g/mol. The molecule has 18 heavy (non-hydrogen) atoms. The zero-order valence-electron chi connectivity index (χ0n) is 10.8. The first-order valence-corrected chi connectivity index (χ1v) is 6.16. The van der Waals surface area contributed by atoms with Crippen molar-refractivity contribution in [2.24, 2.45) is 0 Å². The second kappa shape index (κ2) is 5.78. The fourth-order valence-electron chi connectivity index (χ4n) is 1.80. The van der Waals surface area contributed by atoms with Gasteiger partial charge < -0.3 is 5.32 Å². The predicted octanol–water partition coefficient (Wildman–Crippen LogP) is 3.73. The summed E-state index contributed by atoms with van der Waals surface area (Å²) in [6, 6.07) is 13.8. The topological polar surface area (TPSA) is 12.0 Å². The number of halogens is 1. The van der Waals surface area contributed by atoms with Crippen LogP contribution < -0.4 is 5.32 Å². The van der Waals surface area contributed by atoms with Crippen molar-refractivity contribution in [3.63, 3.8) is 0 Å². The molecule has 2 heteroatoms. The molecule has 0 fully saturated rings. The van der Waals surface area contributed by atoms with Crippen molar-refractivity contribution in [1.82, 2.24) is 5.32 Å². The van der Waals surface area contributed by atoms with Gasteiger partial charge in [-0.3, -0.25) is 0 Å². The van der Waals surface area contributed by atoms with Gasteiger partial charge in [-0.2, -0.15) is 0 Å². The summed E-state index contributed by atoms with van der Waals surface area (Å²) >= 11 is 0. The van der Waals surface area contributed by atoms with Crippen LogP contribution in [0.1, 0.15) is 22.3 Å². The zero-order valence-corrected chi connectivity index (χ0v) is 10.8. The number of nitrogens with one attached hydrogen (secondary N) is 1.